The zero-order valence-corrected chi connectivity index (χ0v) is 16.9. The normalized spacial score (nSPS) is 13.4. The molecule has 25 heavy (non-hydrogen) atoms. The van der Waals surface area contributed by atoms with E-state index < -0.39 is 0 Å². The Balaban J connectivity index is 3.62. The molecule has 1 unspecified atom stereocenters. The van der Waals surface area contributed by atoms with Crippen molar-refractivity contribution >= 4 is 11.8 Å². The molecular formula is C18H36N2O5. The summed E-state index contributed by atoms with van der Waals surface area (Å²) in [4.78, 5) is 23.2. The van der Waals surface area contributed by atoms with Gasteiger partial charge in [-0.15, -0.1) is 0 Å². The minimum absolute atomic E-state index is 0.0442. The van der Waals surface area contributed by atoms with Crippen LogP contribution in [0, 0.1) is 5.92 Å². The lowest BCUT2D eigenvalue weighted by Gasteiger charge is -2.20. The lowest BCUT2D eigenvalue weighted by molar-refractivity contribution is -0.131. The highest BCUT2D eigenvalue weighted by Crippen LogP contribution is 2.06. The Morgan fingerprint density at radius 1 is 0.880 bits per heavy atom. The summed E-state index contributed by atoms with van der Waals surface area (Å²) in [5.41, 5.74) is -0.653. The Morgan fingerprint density at radius 2 is 1.36 bits per heavy atom. The van der Waals surface area contributed by atoms with E-state index in [2.05, 4.69) is 10.6 Å². The Kier molecular flexibility index (Phi) is 10.9. The van der Waals surface area contributed by atoms with Gasteiger partial charge in [-0.2, -0.15) is 0 Å². The molecule has 0 rings (SSSR count). The van der Waals surface area contributed by atoms with Crippen LogP contribution in [-0.2, 0) is 23.8 Å². The third-order valence-electron chi connectivity index (χ3n) is 2.89. The third kappa shape index (κ3) is 17.4. The van der Waals surface area contributed by atoms with Crippen molar-refractivity contribution in [2.75, 3.05) is 39.5 Å². The fourth-order valence-electron chi connectivity index (χ4n) is 1.56. The van der Waals surface area contributed by atoms with Crippen molar-refractivity contribution < 1.29 is 23.8 Å². The summed E-state index contributed by atoms with van der Waals surface area (Å²) < 4.78 is 16.3. The van der Waals surface area contributed by atoms with E-state index >= 15 is 0 Å². The maximum Gasteiger partial charge on any atom is 0.246 e. The molecule has 0 aliphatic carbocycles. The van der Waals surface area contributed by atoms with Gasteiger partial charge in [-0.3, -0.25) is 9.59 Å². The molecule has 0 aromatic carbocycles. The number of hydrogen-bond donors (Lipinski definition) is 2. The second-order valence-corrected chi connectivity index (χ2v) is 8.14. The lowest BCUT2D eigenvalue weighted by Crippen LogP contribution is -2.36. The van der Waals surface area contributed by atoms with E-state index in [4.69, 9.17) is 14.2 Å². The number of rotatable bonds is 11. The van der Waals surface area contributed by atoms with E-state index in [-0.39, 0.29) is 42.1 Å². The largest absolute Gasteiger partial charge is 0.379 e. The molecule has 0 saturated carbocycles. The van der Waals surface area contributed by atoms with Crippen LogP contribution in [0.15, 0.2) is 0 Å². The van der Waals surface area contributed by atoms with Crippen molar-refractivity contribution in [2.45, 2.75) is 59.7 Å². The Labute approximate surface area is 152 Å². The van der Waals surface area contributed by atoms with Crippen LogP contribution in [0.4, 0.5) is 0 Å². The molecule has 2 N–H and O–H groups in total. The Hall–Kier alpha value is -1.18. The van der Waals surface area contributed by atoms with Crippen LogP contribution in [0.3, 0.4) is 0 Å². The van der Waals surface area contributed by atoms with Gasteiger partial charge in [0.05, 0.1) is 24.4 Å². The van der Waals surface area contributed by atoms with Crippen LogP contribution in [-0.4, -0.2) is 62.5 Å². The predicted octanol–water partition coefficient (Wildman–Crippen LogP) is 1.50. The maximum absolute atomic E-state index is 11.6. The second-order valence-electron chi connectivity index (χ2n) is 8.14. The Bertz CT molecular complexity index is 399. The number of carbonyl (C=O) groups is 2. The highest BCUT2D eigenvalue weighted by atomic mass is 16.5. The molecule has 0 saturated heterocycles. The molecule has 0 aromatic rings. The quantitative estimate of drug-likeness (QED) is 0.546. The Morgan fingerprint density at radius 3 is 1.84 bits per heavy atom. The minimum atomic E-state index is -0.328. The van der Waals surface area contributed by atoms with Crippen LogP contribution >= 0.6 is 0 Å². The summed E-state index contributed by atoms with van der Waals surface area (Å²) in [6.07, 6.45) is 0. The molecule has 148 valence electrons. The topological polar surface area (TPSA) is 85.9 Å². The lowest BCUT2D eigenvalue weighted by atomic mass is 10.2. The highest BCUT2D eigenvalue weighted by molar-refractivity contribution is 5.77. The summed E-state index contributed by atoms with van der Waals surface area (Å²) in [6, 6.07) is 0. The molecule has 0 heterocycles. The third-order valence-corrected chi connectivity index (χ3v) is 2.89. The molecular weight excluding hydrogens is 324 g/mol. The van der Waals surface area contributed by atoms with E-state index in [1.54, 1.807) is 0 Å². The zero-order valence-electron chi connectivity index (χ0n) is 16.9. The second kappa shape index (κ2) is 11.4. The summed E-state index contributed by atoms with van der Waals surface area (Å²) in [6.45, 7) is 15.4. The van der Waals surface area contributed by atoms with Gasteiger partial charge in [-0.1, -0.05) is 6.92 Å². The zero-order chi connectivity index (χ0) is 19.5. The molecule has 1 atom stereocenters. The number of amides is 2. The molecule has 0 fully saturated rings. The van der Waals surface area contributed by atoms with E-state index in [0.717, 1.165) is 0 Å². The molecule has 7 heteroatoms. The van der Waals surface area contributed by atoms with Gasteiger partial charge in [-0.25, -0.2) is 0 Å². The van der Waals surface area contributed by atoms with E-state index in [1.807, 2.05) is 48.5 Å². The molecule has 0 aromatic heterocycles. The molecule has 2 amide bonds. The minimum Gasteiger partial charge on any atom is -0.379 e. The van der Waals surface area contributed by atoms with Crippen molar-refractivity contribution in [1.29, 1.82) is 0 Å². The van der Waals surface area contributed by atoms with E-state index in [1.165, 1.54) is 0 Å². The fraction of sp³-hybridized carbons (Fsp3) is 0.889. The van der Waals surface area contributed by atoms with Crippen LogP contribution in [0.1, 0.15) is 48.5 Å². The van der Waals surface area contributed by atoms with Gasteiger partial charge >= 0.3 is 0 Å². The summed E-state index contributed by atoms with van der Waals surface area (Å²) >= 11 is 0. The van der Waals surface area contributed by atoms with Gasteiger partial charge in [0, 0.05) is 13.1 Å². The van der Waals surface area contributed by atoms with Crippen molar-refractivity contribution in [3.8, 4) is 0 Å². The number of hydrogen-bond acceptors (Lipinski definition) is 5. The first kappa shape index (κ1) is 23.8. The number of nitrogens with one attached hydrogen (secondary N) is 2. The number of ether oxygens (including phenoxy) is 3. The van der Waals surface area contributed by atoms with Gasteiger partial charge in [0.25, 0.3) is 0 Å². The molecule has 0 aliphatic rings. The monoisotopic (exact) mass is 360 g/mol. The van der Waals surface area contributed by atoms with Crippen molar-refractivity contribution in [1.82, 2.24) is 10.6 Å². The van der Waals surface area contributed by atoms with Crippen molar-refractivity contribution in [3.05, 3.63) is 0 Å². The smallest absolute Gasteiger partial charge is 0.246 e. The average molecular weight is 360 g/mol. The molecule has 0 aliphatic heterocycles. The predicted molar refractivity (Wildman–Crippen MR) is 97.4 cm³/mol. The van der Waals surface area contributed by atoms with E-state index in [9.17, 15) is 9.59 Å². The van der Waals surface area contributed by atoms with Crippen molar-refractivity contribution in [2.24, 2.45) is 5.92 Å². The first-order valence-electron chi connectivity index (χ1n) is 8.78. The molecule has 0 radical (unpaired) electrons. The standard InChI is InChI=1S/C18H36N2O5/c1-14(10-20-16(22)13-25-18(5,6)7)11-23-9-8-19-15(21)12-24-17(2,3)4/h14H,8-13H2,1-7H3,(H,19,21)(H,20,22). The first-order chi connectivity index (χ1) is 11.4. The van der Waals surface area contributed by atoms with Gasteiger partial charge in [0.1, 0.15) is 13.2 Å². The summed E-state index contributed by atoms with van der Waals surface area (Å²) in [7, 11) is 0. The van der Waals surface area contributed by atoms with Gasteiger partial charge in [0.15, 0.2) is 0 Å². The van der Waals surface area contributed by atoms with E-state index in [0.29, 0.717) is 26.3 Å². The van der Waals surface area contributed by atoms with Gasteiger partial charge in [-0.05, 0) is 47.5 Å². The SMILES string of the molecule is CC(CNC(=O)COC(C)(C)C)COCCNC(=O)COC(C)(C)C. The van der Waals surface area contributed by atoms with Crippen LogP contribution in [0.2, 0.25) is 0 Å². The average Bonchev–Trinajstić information content (AvgIpc) is 2.47. The molecule has 0 bridgehead atoms. The van der Waals surface area contributed by atoms with Crippen LogP contribution < -0.4 is 10.6 Å². The summed E-state index contributed by atoms with van der Waals surface area (Å²) in [5.74, 6) is -0.107. The van der Waals surface area contributed by atoms with Gasteiger partial charge < -0.3 is 24.8 Å². The van der Waals surface area contributed by atoms with Crippen LogP contribution in [0.5, 0.6) is 0 Å². The maximum atomic E-state index is 11.6. The summed E-state index contributed by atoms with van der Waals surface area (Å²) in [5, 5.41) is 5.55. The van der Waals surface area contributed by atoms with Gasteiger partial charge in [0.2, 0.25) is 11.8 Å². The van der Waals surface area contributed by atoms with Crippen molar-refractivity contribution in [3.63, 3.8) is 0 Å². The fourth-order valence-corrected chi connectivity index (χ4v) is 1.56. The molecule has 0 spiro atoms. The van der Waals surface area contributed by atoms with Crippen LogP contribution in [0.25, 0.3) is 0 Å². The first-order valence-corrected chi connectivity index (χ1v) is 8.78. The highest BCUT2D eigenvalue weighted by Gasteiger charge is 2.14. The molecule has 7 nitrogen and oxygen atoms in total. The number of carbonyl (C=O) groups excluding carboxylic acids is 2.